The first-order valence-electron chi connectivity index (χ1n) is 12.3. The number of likely N-dealkylation sites (tertiary alicyclic amines) is 1. The van der Waals surface area contributed by atoms with E-state index in [1.54, 1.807) is 25.4 Å². The number of nitrogens with zero attached hydrogens (tertiary/aromatic N) is 2. The van der Waals surface area contributed by atoms with Crippen molar-refractivity contribution in [1.82, 2.24) is 9.88 Å². The highest BCUT2D eigenvalue weighted by Gasteiger charge is 2.31. The summed E-state index contributed by atoms with van der Waals surface area (Å²) in [5, 5.41) is 21.8. The van der Waals surface area contributed by atoms with Gasteiger partial charge < -0.3 is 14.9 Å². The zero-order valence-corrected chi connectivity index (χ0v) is 21.4. The molecule has 1 saturated heterocycles. The molecule has 37 heavy (non-hydrogen) atoms. The third-order valence-corrected chi connectivity index (χ3v) is 7.29. The van der Waals surface area contributed by atoms with E-state index >= 15 is 0 Å². The third-order valence-electron chi connectivity index (χ3n) is 6.98. The van der Waals surface area contributed by atoms with Crippen LogP contribution in [0, 0.1) is 29.5 Å². The van der Waals surface area contributed by atoms with Crippen LogP contribution in [0.3, 0.4) is 0 Å². The Balaban J connectivity index is 1.42. The first-order chi connectivity index (χ1) is 17.8. The van der Waals surface area contributed by atoms with Crippen LogP contribution < -0.4 is 4.74 Å². The van der Waals surface area contributed by atoms with Crippen molar-refractivity contribution < 1.29 is 24.1 Å². The number of aromatic nitrogens is 1. The molecule has 1 aromatic heterocycles. The molecule has 0 radical (unpaired) electrons. The molecule has 0 aliphatic carbocycles. The van der Waals surface area contributed by atoms with E-state index < -0.39 is 12.1 Å². The lowest BCUT2D eigenvalue weighted by Crippen LogP contribution is -2.41. The van der Waals surface area contributed by atoms with Gasteiger partial charge >= 0.3 is 5.97 Å². The summed E-state index contributed by atoms with van der Waals surface area (Å²) in [5.74, 6) is 5.65. The van der Waals surface area contributed by atoms with Gasteiger partial charge in [-0.2, -0.15) is 0 Å². The fourth-order valence-electron chi connectivity index (χ4n) is 5.10. The number of methoxy groups -OCH3 is 1. The van der Waals surface area contributed by atoms with E-state index in [4.69, 9.17) is 16.3 Å². The van der Waals surface area contributed by atoms with Crippen molar-refractivity contribution in [3.8, 4) is 17.6 Å². The van der Waals surface area contributed by atoms with Gasteiger partial charge in [-0.3, -0.25) is 14.7 Å². The summed E-state index contributed by atoms with van der Waals surface area (Å²) >= 11 is 6.45. The minimum atomic E-state index is -0.835. The zero-order valence-electron chi connectivity index (χ0n) is 20.7. The summed E-state index contributed by atoms with van der Waals surface area (Å²) in [5.41, 5.74) is 1.95. The molecule has 8 heteroatoms. The number of piperidine rings is 1. The maximum atomic E-state index is 13.4. The molecule has 0 unspecified atom stereocenters. The van der Waals surface area contributed by atoms with Crippen LogP contribution in [0.5, 0.6) is 5.75 Å². The molecule has 1 aliphatic heterocycles. The molecule has 3 atom stereocenters. The fourth-order valence-corrected chi connectivity index (χ4v) is 5.38. The van der Waals surface area contributed by atoms with Crippen LogP contribution in [0.15, 0.2) is 48.7 Å². The third kappa shape index (κ3) is 6.98. The Hall–Kier alpha value is -3.18. The van der Waals surface area contributed by atoms with E-state index in [0.717, 1.165) is 23.9 Å². The largest absolute Gasteiger partial charge is 0.497 e. The highest BCUT2D eigenvalue weighted by atomic mass is 35.5. The van der Waals surface area contributed by atoms with Gasteiger partial charge in [-0.15, -0.1) is 0 Å². The van der Waals surface area contributed by atoms with E-state index in [-0.39, 0.29) is 24.1 Å². The summed E-state index contributed by atoms with van der Waals surface area (Å²) in [4.78, 5) is 18.1. The van der Waals surface area contributed by atoms with Crippen molar-refractivity contribution in [3.05, 3.63) is 70.6 Å². The molecule has 2 N–H and O–H groups in total. The molecular formula is C29H30ClFN2O4. The van der Waals surface area contributed by atoms with Gasteiger partial charge in [-0.05, 0) is 74.0 Å². The number of ether oxygens (including phenoxy) is 1. The van der Waals surface area contributed by atoms with Gasteiger partial charge in [0.15, 0.2) is 0 Å². The van der Waals surface area contributed by atoms with Crippen molar-refractivity contribution in [3.63, 3.8) is 0 Å². The van der Waals surface area contributed by atoms with Crippen molar-refractivity contribution in [2.45, 2.75) is 31.8 Å². The molecule has 0 bridgehead atoms. The van der Waals surface area contributed by atoms with Gasteiger partial charge in [0.1, 0.15) is 11.6 Å². The quantitative estimate of drug-likeness (QED) is 0.388. The number of rotatable bonds is 8. The predicted octanol–water partition coefficient (Wildman–Crippen LogP) is 5.31. The van der Waals surface area contributed by atoms with Crippen LogP contribution in [0.1, 0.15) is 42.9 Å². The molecule has 0 amide bonds. The molecule has 6 nitrogen and oxygen atoms in total. The van der Waals surface area contributed by atoms with E-state index in [9.17, 15) is 19.4 Å². The van der Waals surface area contributed by atoms with E-state index in [1.807, 2.05) is 18.2 Å². The first kappa shape index (κ1) is 26.9. The number of aliphatic carboxylic acids is 1. The van der Waals surface area contributed by atoms with Crippen molar-refractivity contribution in [2.24, 2.45) is 11.8 Å². The minimum absolute atomic E-state index is 0.0563. The van der Waals surface area contributed by atoms with Crippen molar-refractivity contribution in [1.29, 1.82) is 0 Å². The van der Waals surface area contributed by atoms with Crippen molar-refractivity contribution >= 4 is 28.5 Å². The van der Waals surface area contributed by atoms with Gasteiger partial charge in [0.05, 0.1) is 30.3 Å². The fraction of sp³-hybridized carbons (Fsp3) is 0.379. The molecule has 4 rings (SSSR count). The summed E-state index contributed by atoms with van der Waals surface area (Å²) in [6.45, 7) is 1.88. The van der Waals surface area contributed by atoms with Gasteiger partial charge in [0, 0.05) is 35.7 Å². The topological polar surface area (TPSA) is 82.9 Å². The van der Waals surface area contributed by atoms with Crippen LogP contribution in [0.2, 0.25) is 5.02 Å². The monoisotopic (exact) mass is 524 g/mol. The Bertz CT molecular complexity index is 1320. The number of hydrogen-bond donors (Lipinski definition) is 2. The average molecular weight is 525 g/mol. The number of aliphatic hydroxyl groups is 1. The normalized spacial score (nSPS) is 18.7. The van der Waals surface area contributed by atoms with E-state index in [2.05, 4.69) is 21.7 Å². The summed E-state index contributed by atoms with van der Waals surface area (Å²) in [6.07, 6.45) is 2.73. The SMILES string of the molecule is COc1ccc2ncc(Cl)c([C@@H](O)CC[C@@H]3CCN(CC#Cc4cccc(F)c4)C[C@H]3CC(=O)O)c2c1. The van der Waals surface area contributed by atoms with Crippen LogP contribution in [0.4, 0.5) is 4.39 Å². The highest BCUT2D eigenvalue weighted by molar-refractivity contribution is 6.32. The van der Waals surface area contributed by atoms with Gasteiger partial charge in [-0.25, -0.2) is 4.39 Å². The second-order valence-electron chi connectivity index (χ2n) is 9.45. The number of carboxylic acids is 1. The zero-order chi connectivity index (χ0) is 26.4. The Morgan fingerprint density at radius 1 is 1.30 bits per heavy atom. The lowest BCUT2D eigenvalue weighted by molar-refractivity contribution is -0.139. The molecule has 3 aromatic rings. The Morgan fingerprint density at radius 3 is 2.89 bits per heavy atom. The molecule has 1 aliphatic rings. The number of hydrogen-bond acceptors (Lipinski definition) is 5. The van der Waals surface area contributed by atoms with Crippen LogP contribution in [-0.2, 0) is 4.79 Å². The number of benzene rings is 2. The smallest absolute Gasteiger partial charge is 0.303 e. The van der Waals surface area contributed by atoms with Crippen LogP contribution in [0.25, 0.3) is 10.9 Å². The second-order valence-corrected chi connectivity index (χ2v) is 9.86. The second kappa shape index (κ2) is 12.4. The molecule has 0 saturated carbocycles. The Labute approximate surface area is 221 Å². The number of aliphatic hydroxyl groups excluding tert-OH is 1. The molecule has 1 fully saturated rings. The van der Waals surface area contributed by atoms with Crippen LogP contribution in [-0.4, -0.2) is 52.8 Å². The summed E-state index contributed by atoms with van der Waals surface area (Å²) in [6, 6.07) is 11.6. The Morgan fingerprint density at radius 2 is 2.14 bits per heavy atom. The number of carboxylic acid groups (broad SMARTS) is 1. The predicted molar refractivity (Wildman–Crippen MR) is 141 cm³/mol. The molecule has 2 heterocycles. The molecule has 2 aromatic carbocycles. The van der Waals surface area contributed by atoms with E-state index in [1.165, 1.54) is 12.1 Å². The molecule has 0 spiro atoms. The lowest BCUT2D eigenvalue weighted by atomic mass is 9.79. The number of pyridine rings is 1. The molecule has 194 valence electrons. The number of carbonyl (C=O) groups is 1. The van der Waals surface area contributed by atoms with Crippen molar-refractivity contribution in [2.75, 3.05) is 26.7 Å². The van der Waals surface area contributed by atoms with Gasteiger partial charge in [-0.1, -0.05) is 29.5 Å². The first-order valence-corrected chi connectivity index (χ1v) is 12.7. The molecular weight excluding hydrogens is 495 g/mol. The Kier molecular flexibility index (Phi) is 8.99. The maximum absolute atomic E-state index is 13.4. The minimum Gasteiger partial charge on any atom is -0.497 e. The highest BCUT2D eigenvalue weighted by Crippen LogP contribution is 2.37. The van der Waals surface area contributed by atoms with E-state index in [0.29, 0.717) is 47.8 Å². The summed E-state index contributed by atoms with van der Waals surface area (Å²) in [7, 11) is 1.58. The van der Waals surface area contributed by atoms with Crippen LogP contribution >= 0.6 is 11.6 Å². The lowest BCUT2D eigenvalue weighted by Gasteiger charge is -2.37. The standard InChI is InChI=1S/C29H30ClFN2O4/c1-37-23-8-9-26-24(16-23)29(25(30)17-32-26)27(34)10-7-20-11-13-33(18-21(20)15-28(35)36)12-3-5-19-4-2-6-22(31)14-19/h2,4,6,8-9,14,16-17,20-21,27,34H,7,10-13,15,18H2,1H3,(H,35,36)/t20-,21-,27+/m1/s1. The number of fused-ring (bicyclic) bond motifs is 1. The average Bonchev–Trinajstić information content (AvgIpc) is 2.87. The summed E-state index contributed by atoms with van der Waals surface area (Å²) < 4.78 is 18.7. The van der Waals surface area contributed by atoms with Gasteiger partial charge in [0.2, 0.25) is 0 Å². The maximum Gasteiger partial charge on any atom is 0.303 e. The number of halogens is 2. The van der Waals surface area contributed by atoms with Gasteiger partial charge in [0.25, 0.3) is 0 Å².